The summed E-state index contributed by atoms with van der Waals surface area (Å²) in [5.74, 6) is 4.97. The molecule has 3 aromatic carbocycles. The Morgan fingerprint density at radius 3 is 0.543 bits per heavy atom. The minimum Gasteiger partial charge on any atom is -0.490 e. The van der Waals surface area contributed by atoms with E-state index < -0.39 is 0 Å². The van der Waals surface area contributed by atoms with Crippen LogP contribution in [0.2, 0.25) is 0 Å². The molecule has 0 atom stereocenters. The number of halogens is 2. The summed E-state index contributed by atoms with van der Waals surface area (Å²) in [7, 11) is 0. The molecule has 6 nitrogen and oxygen atoms in total. The number of hydrogen-bond acceptors (Lipinski definition) is 10. The van der Waals surface area contributed by atoms with E-state index in [9.17, 15) is 0 Å². The van der Waals surface area contributed by atoms with Crippen molar-refractivity contribution in [3.8, 4) is 97.1 Å². The fourth-order valence-electron chi connectivity index (χ4n) is 12.1. The molecule has 12 heteroatoms. The second-order valence-electron chi connectivity index (χ2n) is 25.8. The summed E-state index contributed by atoms with van der Waals surface area (Å²) in [4.78, 5) is 7.08. The van der Waals surface area contributed by atoms with Crippen molar-refractivity contribution in [3.05, 3.63) is 92.5 Å². The van der Waals surface area contributed by atoms with Crippen LogP contribution in [0.5, 0.6) is 34.5 Å². The van der Waals surface area contributed by atoms with Crippen LogP contribution in [0.4, 0.5) is 0 Å². The van der Waals surface area contributed by atoms with Gasteiger partial charge in [-0.15, -0.1) is 45.3 Å². The number of hydrogen-bond donors (Lipinski definition) is 0. The number of thiophene rings is 4. The van der Waals surface area contributed by atoms with Gasteiger partial charge in [0.25, 0.3) is 0 Å². The molecule has 7 aromatic rings. The zero-order chi connectivity index (χ0) is 66.2. The number of unbranched alkanes of at least 4 members (excludes halogenated alkanes) is 30. The lowest BCUT2D eigenvalue weighted by molar-refractivity contribution is 0.258. The number of rotatable bonds is 54. The molecule has 4 aromatic heterocycles. The highest BCUT2D eigenvalue weighted by atomic mass is 79.9. The molecule has 94 heavy (non-hydrogen) atoms. The van der Waals surface area contributed by atoms with Crippen molar-refractivity contribution in [1.29, 1.82) is 0 Å². The molecular weight excluding hydrogens is 1370 g/mol. The topological polar surface area (TPSA) is 55.4 Å². The average molecular weight is 1490 g/mol. The van der Waals surface area contributed by atoms with Gasteiger partial charge in [0, 0.05) is 62.6 Å². The lowest BCUT2D eigenvalue weighted by Crippen LogP contribution is -2.04. The van der Waals surface area contributed by atoms with E-state index in [0.717, 1.165) is 127 Å². The first-order valence-electron chi connectivity index (χ1n) is 37.3. The van der Waals surface area contributed by atoms with Crippen molar-refractivity contribution in [2.24, 2.45) is 0 Å². The Labute approximate surface area is 602 Å². The molecule has 0 saturated heterocycles. The maximum absolute atomic E-state index is 6.95. The first-order valence-corrected chi connectivity index (χ1v) is 42.2. The molecular formula is C82H116Br2O6S4. The van der Waals surface area contributed by atoms with Gasteiger partial charge in [0.05, 0.1) is 47.2 Å². The molecule has 0 saturated carbocycles. The molecule has 0 N–H and O–H groups in total. The summed E-state index contributed by atoms with van der Waals surface area (Å²) >= 11 is 14.9. The van der Waals surface area contributed by atoms with Crippen LogP contribution in [-0.4, -0.2) is 39.6 Å². The second-order valence-corrected chi connectivity index (χ2v) is 32.9. The van der Waals surface area contributed by atoms with Gasteiger partial charge in [0.2, 0.25) is 0 Å². The Bertz CT molecular complexity index is 2950. The lowest BCUT2D eigenvalue weighted by Gasteiger charge is -2.18. The largest absolute Gasteiger partial charge is 0.490 e. The van der Waals surface area contributed by atoms with Crippen molar-refractivity contribution >= 4 is 77.2 Å². The van der Waals surface area contributed by atoms with E-state index >= 15 is 0 Å². The Morgan fingerprint density at radius 2 is 0.372 bits per heavy atom. The third kappa shape index (κ3) is 26.8. The van der Waals surface area contributed by atoms with Gasteiger partial charge in [-0.3, -0.25) is 0 Å². The minimum absolute atomic E-state index is 0.648. The Kier molecular flexibility index (Phi) is 38.4. The van der Waals surface area contributed by atoms with Gasteiger partial charge in [-0.25, -0.2) is 0 Å². The summed E-state index contributed by atoms with van der Waals surface area (Å²) in [6.07, 6.45) is 43.5. The molecule has 0 fully saturated rings. The number of ether oxygens (including phenoxy) is 6. The monoisotopic (exact) mass is 1480 g/mol. The summed E-state index contributed by atoms with van der Waals surface area (Å²) in [6, 6.07) is 31.9. The van der Waals surface area contributed by atoms with E-state index in [1.54, 1.807) is 22.7 Å². The summed E-state index contributed by atoms with van der Waals surface area (Å²) in [5, 5.41) is 0. The van der Waals surface area contributed by atoms with E-state index in [1.165, 1.54) is 209 Å². The molecule has 4 heterocycles. The van der Waals surface area contributed by atoms with Gasteiger partial charge in [-0.2, -0.15) is 0 Å². The standard InChI is InChI=1S/C82H116Br2O6S4/c1-7-13-19-25-31-37-51-85-69-57-63(75-43-45-77(91-75)65-59-71(87-53-39-33-27-21-15-9-3)73(89-55-41-35-29-23-17-11-5)61-67(65)79-47-49-81(83)93-79)64(58-70(69)86-52-38-32-26-20-14-8-2)76-44-46-78(92-76)66-60-72(88-54-40-34-28-22-16-10-4)74(90-56-42-36-30-24-18-12-6)62-68(66)80-48-50-82(84)94-80/h43-50,57-62H,7-42,51-56H2,1-6H3. The molecule has 518 valence electrons. The normalized spacial score (nSPS) is 11.5. The predicted molar refractivity (Wildman–Crippen MR) is 419 cm³/mol. The third-order valence-electron chi connectivity index (χ3n) is 17.7. The van der Waals surface area contributed by atoms with Gasteiger partial charge in [-0.05, 0) is 155 Å². The van der Waals surface area contributed by atoms with Crippen LogP contribution in [0, 0.1) is 0 Å². The molecule has 0 aliphatic rings. The molecule has 0 amide bonds. The number of benzene rings is 3. The van der Waals surface area contributed by atoms with Gasteiger partial charge < -0.3 is 28.4 Å². The van der Waals surface area contributed by atoms with Crippen molar-refractivity contribution in [3.63, 3.8) is 0 Å². The van der Waals surface area contributed by atoms with Gasteiger partial charge in [0.15, 0.2) is 34.5 Å². The van der Waals surface area contributed by atoms with Gasteiger partial charge in [-0.1, -0.05) is 234 Å². The fraction of sp³-hybridized carbons (Fsp3) is 0.585. The molecule has 0 aliphatic carbocycles. The van der Waals surface area contributed by atoms with Crippen LogP contribution in [0.25, 0.3) is 62.6 Å². The third-order valence-corrected chi connectivity index (χ3v) is 23.4. The van der Waals surface area contributed by atoms with Crippen molar-refractivity contribution in [2.45, 2.75) is 273 Å². The smallest absolute Gasteiger partial charge is 0.161 e. The van der Waals surface area contributed by atoms with Crippen molar-refractivity contribution in [1.82, 2.24) is 0 Å². The average Bonchev–Trinajstić information content (AvgIpc) is 1.55. The van der Waals surface area contributed by atoms with E-state index in [-0.39, 0.29) is 0 Å². The van der Waals surface area contributed by atoms with E-state index in [4.69, 9.17) is 28.4 Å². The summed E-state index contributed by atoms with van der Waals surface area (Å²) < 4.78 is 43.4. The fourth-order valence-corrected chi connectivity index (χ4v) is 17.1. The van der Waals surface area contributed by atoms with Crippen molar-refractivity contribution < 1.29 is 28.4 Å². The van der Waals surface area contributed by atoms with Crippen LogP contribution in [0.15, 0.2) is 92.5 Å². The van der Waals surface area contributed by atoms with Crippen LogP contribution in [-0.2, 0) is 0 Å². The highest BCUT2D eigenvalue weighted by Crippen LogP contribution is 2.52. The molecule has 0 spiro atoms. The SMILES string of the molecule is CCCCCCCCOc1cc(-c2ccc(Br)s2)c(-c2ccc(-c3cc(OCCCCCCCC)c(OCCCCCCCC)cc3-c3ccc(-c4cc(OCCCCCCCC)c(OCCCCCCCC)cc4-c4ccc(Br)s4)s3)s2)cc1OCCCCCCCC. The maximum Gasteiger partial charge on any atom is 0.161 e. The first kappa shape index (κ1) is 77.6. The highest BCUT2D eigenvalue weighted by molar-refractivity contribution is 9.11. The Morgan fingerprint density at radius 1 is 0.213 bits per heavy atom. The minimum atomic E-state index is 0.648. The molecule has 0 radical (unpaired) electrons. The van der Waals surface area contributed by atoms with E-state index in [0.29, 0.717) is 39.6 Å². The lowest BCUT2D eigenvalue weighted by atomic mass is 10.0. The molecule has 0 unspecified atom stereocenters. The quantitative estimate of drug-likeness (QED) is 0.0354. The molecule has 0 bridgehead atoms. The van der Waals surface area contributed by atoms with E-state index in [2.05, 4.69) is 158 Å². The predicted octanol–water partition coefficient (Wildman–Crippen LogP) is 29.9. The second kappa shape index (κ2) is 46.5. The summed E-state index contributed by atoms with van der Waals surface area (Å²) in [5.41, 5.74) is 6.88. The molecule has 7 rings (SSSR count). The highest BCUT2D eigenvalue weighted by Gasteiger charge is 2.24. The van der Waals surface area contributed by atoms with Gasteiger partial charge in [0.1, 0.15) is 0 Å². The zero-order valence-electron chi connectivity index (χ0n) is 58.6. The van der Waals surface area contributed by atoms with Crippen molar-refractivity contribution in [2.75, 3.05) is 39.6 Å². The Balaban J connectivity index is 1.34. The summed E-state index contributed by atoms with van der Waals surface area (Å²) in [6.45, 7) is 17.7. The maximum atomic E-state index is 6.95. The Hall–Kier alpha value is -3.78. The van der Waals surface area contributed by atoms with Crippen LogP contribution >= 0.6 is 77.2 Å². The van der Waals surface area contributed by atoms with Crippen LogP contribution in [0.3, 0.4) is 0 Å². The first-order chi connectivity index (χ1) is 46.3. The van der Waals surface area contributed by atoms with Crippen LogP contribution < -0.4 is 28.4 Å². The van der Waals surface area contributed by atoms with Crippen LogP contribution in [0.1, 0.15) is 273 Å². The molecule has 0 aliphatic heterocycles. The van der Waals surface area contributed by atoms with E-state index in [1.807, 2.05) is 22.7 Å². The van der Waals surface area contributed by atoms with Gasteiger partial charge >= 0.3 is 0 Å². The zero-order valence-corrected chi connectivity index (χ0v) is 65.1.